The number of aryl methyl sites for hydroxylation is 1. The van der Waals surface area contributed by atoms with Crippen molar-refractivity contribution in [1.82, 2.24) is 15.2 Å². The third kappa shape index (κ3) is 1.80. The summed E-state index contributed by atoms with van der Waals surface area (Å²) >= 11 is 0. The molecule has 0 unspecified atom stereocenters. The van der Waals surface area contributed by atoms with Crippen molar-refractivity contribution in [3.63, 3.8) is 0 Å². The molecule has 2 aromatic rings. The topological polar surface area (TPSA) is 72.9 Å². The molecule has 0 radical (unpaired) electrons. The summed E-state index contributed by atoms with van der Waals surface area (Å²) in [6.07, 6.45) is 0. The number of hydrogen-bond acceptors (Lipinski definition) is 3. The van der Waals surface area contributed by atoms with Crippen molar-refractivity contribution in [2.24, 2.45) is 5.84 Å². The highest BCUT2D eigenvalue weighted by atomic mass is 16.2. The zero-order valence-electron chi connectivity index (χ0n) is 8.84. The van der Waals surface area contributed by atoms with Crippen LogP contribution in [0.3, 0.4) is 0 Å². The van der Waals surface area contributed by atoms with Gasteiger partial charge in [0, 0.05) is 0 Å². The number of carbonyl (C=O) groups excluding carboxylic acids is 1. The smallest absolute Gasteiger partial charge is 0.283 e. The number of benzene rings is 1. The van der Waals surface area contributed by atoms with E-state index in [1.807, 2.05) is 37.3 Å². The number of hydrazine groups is 1. The van der Waals surface area contributed by atoms with Crippen molar-refractivity contribution in [1.29, 1.82) is 0 Å². The number of nitrogens with zero attached hydrogens (tertiary/aromatic N) is 2. The highest BCUT2D eigenvalue weighted by Gasteiger charge is 2.13. The van der Waals surface area contributed by atoms with Crippen LogP contribution in [0.2, 0.25) is 0 Å². The molecule has 2 rings (SSSR count). The molecule has 1 aromatic carbocycles. The summed E-state index contributed by atoms with van der Waals surface area (Å²) < 4.78 is 1.57. The molecule has 0 aliphatic rings. The molecule has 3 N–H and O–H groups in total. The van der Waals surface area contributed by atoms with E-state index in [-0.39, 0.29) is 5.91 Å². The van der Waals surface area contributed by atoms with Crippen molar-refractivity contribution >= 4 is 5.91 Å². The van der Waals surface area contributed by atoms with Crippen LogP contribution < -0.4 is 11.3 Å². The maximum atomic E-state index is 11.5. The van der Waals surface area contributed by atoms with Crippen LogP contribution in [0.1, 0.15) is 16.2 Å². The Balaban J connectivity index is 2.53. The van der Waals surface area contributed by atoms with E-state index in [1.165, 1.54) is 0 Å². The molecule has 0 aliphatic heterocycles. The van der Waals surface area contributed by atoms with E-state index < -0.39 is 0 Å². The van der Waals surface area contributed by atoms with E-state index >= 15 is 0 Å². The molecule has 1 amide bonds. The molecule has 0 saturated heterocycles. The minimum absolute atomic E-state index is 0.357. The van der Waals surface area contributed by atoms with Gasteiger partial charge in [0.2, 0.25) is 0 Å². The van der Waals surface area contributed by atoms with Crippen molar-refractivity contribution in [3.05, 3.63) is 47.8 Å². The van der Waals surface area contributed by atoms with Gasteiger partial charge in [0.1, 0.15) is 5.69 Å². The number of aromatic nitrogens is 2. The average molecular weight is 216 g/mol. The number of para-hydroxylation sites is 1. The van der Waals surface area contributed by atoms with Gasteiger partial charge in [-0.2, -0.15) is 5.10 Å². The maximum Gasteiger partial charge on any atom is 0.283 e. The lowest BCUT2D eigenvalue weighted by Crippen LogP contribution is -2.31. The molecule has 5 heteroatoms. The second-order valence-electron chi connectivity index (χ2n) is 3.39. The van der Waals surface area contributed by atoms with Crippen LogP contribution in [0.5, 0.6) is 0 Å². The molecular weight excluding hydrogens is 204 g/mol. The van der Waals surface area contributed by atoms with Crippen molar-refractivity contribution in [3.8, 4) is 5.69 Å². The normalized spacial score (nSPS) is 10.1. The van der Waals surface area contributed by atoms with Gasteiger partial charge in [-0.3, -0.25) is 10.2 Å². The van der Waals surface area contributed by atoms with Crippen molar-refractivity contribution < 1.29 is 4.79 Å². The second kappa shape index (κ2) is 4.16. The maximum absolute atomic E-state index is 11.5. The first-order valence-corrected chi connectivity index (χ1v) is 4.85. The molecule has 0 bridgehead atoms. The lowest BCUT2D eigenvalue weighted by molar-refractivity contribution is 0.0946. The summed E-state index contributed by atoms with van der Waals surface area (Å²) in [6, 6.07) is 11.1. The number of carbonyl (C=O) groups is 1. The van der Waals surface area contributed by atoms with E-state index in [4.69, 9.17) is 5.84 Å². The fourth-order valence-corrected chi connectivity index (χ4v) is 1.50. The minimum atomic E-state index is -0.357. The first-order chi connectivity index (χ1) is 7.72. The van der Waals surface area contributed by atoms with E-state index in [0.29, 0.717) is 5.69 Å². The van der Waals surface area contributed by atoms with Gasteiger partial charge >= 0.3 is 0 Å². The summed E-state index contributed by atoms with van der Waals surface area (Å²) in [7, 11) is 0. The van der Waals surface area contributed by atoms with E-state index in [0.717, 1.165) is 11.4 Å². The Morgan fingerprint density at radius 2 is 2.06 bits per heavy atom. The predicted molar refractivity (Wildman–Crippen MR) is 60.0 cm³/mol. The first-order valence-electron chi connectivity index (χ1n) is 4.85. The van der Waals surface area contributed by atoms with Crippen LogP contribution in [0.4, 0.5) is 0 Å². The summed E-state index contributed by atoms with van der Waals surface area (Å²) in [4.78, 5) is 11.5. The molecule has 1 aromatic heterocycles. The van der Waals surface area contributed by atoms with Crippen LogP contribution >= 0.6 is 0 Å². The van der Waals surface area contributed by atoms with Gasteiger partial charge < -0.3 is 0 Å². The van der Waals surface area contributed by atoms with E-state index in [2.05, 4.69) is 10.5 Å². The van der Waals surface area contributed by atoms with Crippen molar-refractivity contribution in [2.75, 3.05) is 0 Å². The molecule has 5 nitrogen and oxygen atoms in total. The summed E-state index contributed by atoms with van der Waals surface area (Å²) in [5, 5.41) is 4.25. The Morgan fingerprint density at radius 1 is 1.38 bits per heavy atom. The minimum Gasteiger partial charge on any atom is -0.289 e. The Morgan fingerprint density at radius 3 is 2.69 bits per heavy atom. The largest absolute Gasteiger partial charge is 0.289 e. The number of nitrogen functional groups attached to an aromatic ring is 1. The van der Waals surface area contributed by atoms with Crippen LogP contribution in [-0.2, 0) is 0 Å². The number of nitrogens with one attached hydrogen (secondary N) is 1. The van der Waals surface area contributed by atoms with Gasteiger partial charge in [-0.1, -0.05) is 18.2 Å². The van der Waals surface area contributed by atoms with Gasteiger partial charge in [0.05, 0.1) is 11.4 Å². The summed E-state index contributed by atoms with van der Waals surface area (Å²) in [5.74, 6) is 4.76. The van der Waals surface area contributed by atoms with E-state index in [1.54, 1.807) is 10.7 Å². The highest BCUT2D eigenvalue weighted by Crippen LogP contribution is 2.11. The molecule has 0 saturated carbocycles. The summed E-state index contributed by atoms with van der Waals surface area (Å²) in [5.41, 5.74) is 4.12. The molecule has 1 heterocycles. The lowest BCUT2D eigenvalue weighted by Gasteiger charge is -2.05. The van der Waals surface area contributed by atoms with Gasteiger partial charge in [-0.15, -0.1) is 0 Å². The number of nitrogens with two attached hydrogens (primary N) is 1. The van der Waals surface area contributed by atoms with Crippen LogP contribution in [0.15, 0.2) is 36.4 Å². The standard InChI is InChI=1S/C11H12N4O/c1-8-7-10(11(16)13-12)15(14-8)9-5-3-2-4-6-9/h2-7H,12H2,1H3,(H,13,16). The molecule has 82 valence electrons. The Hall–Kier alpha value is -2.14. The number of amides is 1. The van der Waals surface area contributed by atoms with Crippen LogP contribution in [0.25, 0.3) is 5.69 Å². The van der Waals surface area contributed by atoms with Gasteiger partial charge in [0.25, 0.3) is 5.91 Å². The first kappa shape index (κ1) is 10.4. The Labute approximate surface area is 92.8 Å². The fourth-order valence-electron chi connectivity index (χ4n) is 1.50. The van der Waals surface area contributed by atoms with Crippen molar-refractivity contribution in [2.45, 2.75) is 6.92 Å². The molecule has 0 aliphatic carbocycles. The average Bonchev–Trinajstić information content (AvgIpc) is 2.71. The van der Waals surface area contributed by atoms with Crippen LogP contribution in [0, 0.1) is 6.92 Å². The highest BCUT2D eigenvalue weighted by molar-refractivity contribution is 5.92. The number of hydrogen-bond donors (Lipinski definition) is 2. The zero-order valence-corrected chi connectivity index (χ0v) is 8.84. The van der Waals surface area contributed by atoms with Crippen LogP contribution in [-0.4, -0.2) is 15.7 Å². The SMILES string of the molecule is Cc1cc(C(=O)NN)n(-c2ccccc2)n1. The second-order valence-corrected chi connectivity index (χ2v) is 3.39. The third-order valence-corrected chi connectivity index (χ3v) is 2.20. The molecule has 16 heavy (non-hydrogen) atoms. The number of rotatable bonds is 2. The Bertz CT molecular complexity index is 504. The van der Waals surface area contributed by atoms with E-state index in [9.17, 15) is 4.79 Å². The molecule has 0 atom stereocenters. The summed E-state index contributed by atoms with van der Waals surface area (Å²) in [6.45, 7) is 1.83. The molecule has 0 spiro atoms. The zero-order chi connectivity index (χ0) is 11.5. The monoisotopic (exact) mass is 216 g/mol. The molecule has 0 fully saturated rings. The Kier molecular flexibility index (Phi) is 2.70. The van der Waals surface area contributed by atoms with Gasteiger partial charge in [-0.25, -0.2) is 10.5 Å². The quantitative estimate of drug-likeness (QED) is 0.442. The van der Waals surface area contributed by atoms with Gasteiger partial charge in [-0.05, 0) is 25.1 Å². The lowest BCUT2D eigenvalue weighted by atomic mass is 10.3. The predicted octanol–water partition coefficient (Wildman–Crippen LogP) is 0.784. The van der Waals surface area contributed by atoms with Gasteiger partial charge in [0.15, 0.2) is 0 Å². The third-order valence-electron chi connectivity index (χ3n) is 2.20. The fraction of sp³-hybridized carbons (Fsp3) is 0.0909. The molecular formula is C11H12N4O.